The number of hydrogen-bond donors (Lipinski definition) is 2. The van der Waals surface area contributed by atoms with Gasteiger partial charge in [-0.1, -0.05) is 12.1 Å². The minimum absolute atomic E-state index is 0.350. The fourth-order valence-corrected chi connectivity index (χ4v) is 1.63. The molecule has 0 radical (unpaired) electrons. The fraction of sp³-hybridized carbons (Fsp3) is 0.333. The average Bonchev–Trinajstić information content (AvgIpc) is 3.10. The Morgan fingerprint density at radius 2 is 2.00 bits per heavy atom. The van der Waals surface area contributed by atoms with Crippen LogP contribution in [0.2, 0.25) is 0 Å². The highest BCUT2D eigenvalue weighted by Gasteiger charge is 2.51. The third-order valence-corrected chi connectivity index (χ3v) is 2.86. The normalized spacial score (nSPS) is 16.1. The molecule has 0 heterocycles. The number of carboxylic acid groups (broad SMARTS) is 1. The van der Waals surface area contributed by atoms with Gasteiger partial charge in [0.2, 0.25) is 0 Å². The molecule has 2 N–H and O–H groups in total. The first-order chi connectivity index (χ1) is 8.09. The lowest BCUT2D eigenvalue weighted by Crippen LogP contribution is -2.43. The lowest BCUT2D eigenvalue weighted by Gasteiger charge is -2.14. The molecule has 90 valence electrons. The highest BCUT2D eigenvalue weighted by molar-refractivity contribution is 6.00. The SMILES string of the molecule is COc1ccccc1C(=O)NC1(C(=O)O)CC1. The molecule has 1 aromatic rings. The Labute approximate surface area is 98.4 Å². The summed E-state index contributed by atoms with van der Waals surface area (Å²) in [7, 11) is 1.47. The summed E-state index contributed by atoms with van der Waals surface area (Å²) < 4.78 is 5.05. The molecule has 0 bridgehead atoms. The molecule has 1 aliphatic rings. The van der Waals surface area contributed by atoms with Crippen molar-refractivity contribution in [1.82, 2.24) is 5.32 Å². The van der Waals surface area contributed by atoms with E-state index in [4.69, 9.17) is 9.84 Å². The minimum Gasteiger partial charge on any atom is -0.496 e. The Balaban J connectivity index is 2.18. The molecular weight excluding hydrogens is 222 g/mol. The predicted molar refractivity (Wildman–Crippen MR) is 60.1 cm³/mol. The highest BCUT2D eigenvalue weighted by atomic mass is 16.5. The number of carboxylic acids is 1. The number of benzene rings is 1. The van der Waals surface area contributed by atoms with Crippen molar-refractivity contribution >= 4 is 11.9 Å². The summed E-state index contributed by atoms with van der Waals surface area (Å²) in [5.74, 6) is -0.964. The van der Waals surface area contributed by atoms with Crippen LogP contribution < -0.4 is 10.1 Å². The van der Waals surface area contributed by atoms with Gasteiger partial charge in [0.1, 0.15) is 11.3 Å². The number of methoxy groups -OCH3 is 1. The van der Waals surface area contributed by atoms with Crippen molar-refractivity contribution in [3.63, 3.8) is 0 Å². The number of ether oxygens (including phenoxy) is 1. The smallest absolute Gasteiger partial charge is 0.329 e. The van der Waals surface area contributed by atoms with Gasteiger partial charge in [-0.2, -0.15) is 0 Å². The number of hydrogen-bond acceptors (Lipinski definition) is 3. The molecule has 5 heteroatoms. The lowest BCUT2D eigenvalue weighted by molar-refractivity contribution is -0.140. The largest absolute Gasteiger partial charge is 0.496 e. The molecule has 1 aromatic carbocycles. The van der Waals surface area contributed by atoms with Gasteiger partial charge in [-0.15, -0.1) is 0 Å². The predicted octanol–water partition coefficient (Wildman–Crippen LogP) is 1.04. The summed E-state index contributed by atoms with van der Waals surface area (Å²) in [5.41, 5.74) is -0.722. The monoisotopic (exact) mass is 235 g/mol. The standard InChI is InChI=1S/C12H13NO4/c1-17-9-5-3-2-4-8(9)10(14)13-12(6-7-12)11(15)16/h2-5H,6-7H2,1H3,(H,13,14)(H,15,16). The molecule has 0 aromatic heterocycles. The summed E-state index contributed by atoms with van der Waals surface area (Å²) >= 11 is 0. The van der Waals surface area contributed by atoms with Gasteiger partial charge in [0.25, 0.3) is 5.91 Å². The zero-order valence-corrected chi connectivity index (χ0v) is 9.40. The van der Waals surface area contributed by atoms with Gasteiger partial charge in [-0.3, -0.25) is 4.79 Å². The van der Waals surface area contributed by atoms with Crippen LogP contribution in [0.3, 0.4) is 0 Å². The third kappa shape index (κ3) is 2.08. The van der Waals surface area contributed by atoms with E-state index in [-0.39, 0.29) is 0 Å². The number of carbonyl (C=O) groups excluding carboxylic acids is 1. The van der Waals surface area contributed by atoms with Gasteiger partial charge in [-0.25, -0.2) is 4.79 Å². The zero-order chi connectivity index (χ0) is 12.5. The van der Waals surface area contributed by atoms with Gasteiger partial charge < -0.3 is 15.2 Å². The minimum atomic E-state index is -1.07. The molecule has 0 atom stereocenters. The maximum atomic E-state index is 11.9. The van der Waals surface area contributed by atoms with E-state index in [2.05, 4.69) is 5.32 Å². The van der Waals surface area contributed by atoms with Crippen molar-refractivity contribution in [2.75, 3.05) is 7.11 Å². The van der Waals surface area contributed by atoms with Crippen LogP contribution >= 0.6 is 0 Å². The Morgan fingerprint density at radius 1 is 1.35 bits per heavy atom. The summed E-state index contributed by atoms with van der Waals surface area (Å²) in [6.45, 7) is 0. The van der Waals surface area contributed by atoms with E-state index in [1.807, 2.05) is 0 Å². The number of para-hydroxylation sites is 1. The first-order valence-corrected chi connectivity index (χ1v) is 5.28. The molecule has 5 nitrogen and oxygen atoms in total. The van der Waals surface area contributed by atoms with E-state index in [1.165, 1.54) is 7.11 Å². The van der Waals surface area contributed by atoms with Crippen LogP contribution in [0, 0.1) is 0 Å². The van der Waals surface area contributed by atoms with Crippen LogP contribution in [-0.4, -0.2) is 29.6 Å². The van der Waals surface area contributed by atoms with Gasteiger partial charge >= 0.3 is 5.97 Å². The van der Waals surface area contributed by atoms with Crippen LogP contribution in [0.15, 0.2) is 24.3 Å². The van der Waals surface area contributed by atoms with Crippen molar-refractivity contribution in [1.29, 1.82) is 0 Å². The zero-order valence-electron chi connectivity index (χ0n) is 9.40. The summed E-state index contributed by atoms with van der Waals surface area (Å²) in [5, 5.41) is 11.5. The third-order valence-electron chi connectivity index (χ3n) is 2.86. The van der Waals surface area contributed by atoms with E-state index in [0.29, 0.717) is 24.2 Å². The molecular formula is C12H13NO4. The van der Waals surface area contributed by atoms with E-state index >= 15 is 0 Å². The molecule has 17 heavy (non-hydrogen) atoms. The van der Waals surface area contributed by atoms with Crippen molar-refractivity contribution < 1.29 is 19.4 Å². The van der Waals surface area contributed by atoms with Crippen LogP contribution in [0.5, 0.6) is 5.75 Å². The van der Waals surface area contributed by atoms with E-state index < -0.39 is 17.4 Å². The Hall–Kier alpha value is -2.04. The fourth-order valence-electron chi connectivity index (χ4n) is 1.63. The molecule has 0 aliphatic heterocycles. The summed E-state index contributed by atoms with van der Waals surface area (Å²) in [6, 6.07) is 6.72. The molecule has 1 saturated carbocycles. The molecule has 2 rings (SSSR count). The molecule has 1 amide bonds. The summed E-state index contributed by atoms with van der Waals surface area (Å²) in [6.07, 6.45) is 0.951. The van der Waals surface area contributed by atoms with Crippen LogP contribution in [0.25, 0.3) is 0 Å². The second kappa shape index (κ2) is 4.08. The number of aliphatic carboxylic acids is 1. The number of rotatable bonds is 4. The first-order valence-electron chi connectivity index (χ1n) is 5.28. The Bertz CT molecular complexity index is 465. The maximum Gasteiger partial charge on any atom is 0.329 e. The quantitative estimate of drug-likeness (QED) is 0.817. The lowest BCUT2D eigenvalue weighted by atomic mass is 10.1. The number of amides is 1. The maximum absolute atomic E-state index is 11.9. The Morgan fingerprint density at radius 3 is 2.53 bits per heavy atom. The van der Waals surface area contributed by atoms with E-state index in [1.54, 1.807) is 24.3 Å². The molecule has 0 saturated heterocycles. The summed E-state index contributed by atoms with van der Waals surface area (Å²) in [4.78, 5) is 22.9. The second-order valence-electron chi connectivity index (χ2n) is 4.04. The number of carbonyl (C=O) groups is 2. The van der Waals surface area contributed by atoms with Crippen LogP contribution in [0.4, 0.5) is 0 Å². The van der Waals surface area contributed by atoms with Gasteiger partial charge in [0.15, 0.2) is 0 Å². The number of nitrogens with one attached hydrogen (secondary N) is 1. The highest BCUT2D eigenvalue weighted by Crippen LogP contribution is 2.36. The van der Waals surface area contributed by atoms with Crippen molar-refractivity contribution in [2.45, 2.75) is 18.4 Å². The first kappa shape index (κ1) is 11.4. The van der Waals surface area contributed by atoms with E-state index in [9.17, 15) is 9.59 Å². The van der Waals surface area contributed by atoms with E-state index in [0.717, 1.165) is 0 Å². The topological polar surface area (TPSA) is 75.6 Å². The van der Waals surface area contributed by atoms with Crippen molar-refractivity contribution in [2.24, 2.45) is 0 Å². The Kier molecular flexibility index (Phi) is 2.75. The molecule has 0 spiro atoms. The van der Waals surface area contributed by atoms with Crippen LogP contribution in [0.1, 0.15) is 23.2 Å². The van der Waals surface area contributed by atoms with Crippen molar-refractivity contribution in [3.05, 3.63) is 29.8 Å². The van der Waals surface area contributed by atoms with Crippen molar-refractivity contribution in [3.8, 4) is 5.75 Å². The van der Waals surface area contributed by atoms with Gasteiger partial charge in [0.05, 0.1) is 12.7 Å². The second-order valence-corrected chi connectivity index (χ2v) is 4.04. The molecule has 0 unspecified atom stereocenters. The van der Waals surface area contributed by atoms with Crippen LogP contribution in [-0.2, 0) is 4.79 Å². The van der Waals surface area contributed by atoms with Gasteiger partial charge in [0, 0.05) is 0 Å². The molecule has 1 fully saturated rings. The average molecular weight is 235 g/mol. The van der Waals surface area contributed by atoms with Gasteiger partial charge in [-0.05, 0) is 25.0 Å². The molecule has 1 aliphatic carbocycles.